The van der Waals surface area contributed by atoms with Gasteiger partial charge in [-0.05, 0) is 13.0 Å². The average Bonchev–Trinajstić information content (AvgIpc) is 2.33. The summed E-state index contributed by atoms with van der Waals surface area (Å²) in [6.07, 6.45) is 1.14. The number of likely N-dealkylation sites (N-methyl/N-ethyl adjacent to an activating group) is 1. The second-order valence-electron chi connectivity index (χ2n) is 4.03. The predicted octanol–water partition coefficient (Wildman–Crippen LogP) is 1.07. The van der Waals surface area contributed by atoms with Crippen molar-refractivity contribution in [2.45, 2.75) is 24.8 Å². The summed E-state index contributed by atoms with van der Waals surface area (Å²) in [7, 11) is -2.21. The van der Waals surface area contributed by atoms with Crippen molar-refractivity contribution >= 4 is 21.6 Å². The van der Waals surface area contributed by atoms with Gasteiger partial charge >= 0.3 is 0 Å². The maximum Gasteiger partial charge on any atom is 0.266 e. The zero-order chi connectivity index (χ0) is 14.6. The number of pyridine rings is 1. The number of halogens is 1. The van der Waals surface area contributed by atoms with E-state index in [0.29, 0.717) is 6.54 Å². The molecule has 0 saturated carbocycles. The molecule has 8 heteroatoms. The zero-order valence-electron chi connectivity index (χ0n) is 11.0. The van der Waals surface area contributed by atoms with Crippen molar-refractivity contribution in [1.82, 2.24) is 9.29 Å². The van der Waals surface area contributed by atoms with Gasteiger partial charge in [-0.2, -0.15) is 4.31 Å². The van der Waals surface area contributed by atoms with Crippen LogP contribution in [-0.4, -0.2) is 44.0 Å². The lowest BCUT2D eigenvalue weighted by molar-refractivity contribution is 0.142. The highest BCUT2D eigenvalue weighted by atomic mass is 35.5. The summed E-state index contributed by atoms with van der Waals surface area (Å²) < 4.78 is 31.1. The van der Waals surface area contributed by atoms with Gasteiger partial charge in [-0.1, -0.05) is 18.5 Å². The molecule has 1 aromatic heterocycles. The molecule has 0 saturated heterocycles. The van der Waals surface area contributed by atoms with Crippen LogP contribution >= 0.6 is 11.6 Å². The Balaban J connectivity index is 3.20. The first-order valence-electron chi connectivity index (χ1n) is 5.73. The lowest BCUT2D eigenvalue weighted by Gasteiger charge is -2.26. The van der Waals surface area contributed by atoms with Crippen molar-refractivity contribution < 1.29 is 13.2 Å². The highest BCUT2D eigenvalue weighted by Crippen LogP contribution is 2.18. The molecule has 108 valence electrons. The van der Waals surface area contributed by atoms with Crippen LogP contribution in [0.25, 0.3) is 0 Å². The van der Waals surface area contributed by atoms with Gasteiger partial charge in [-0.3, -0.25) is 4.79 Å². The summed E-state index contributed by atoms with van der Waals surface area (Å²) in [5.74, 6) is 0. The predicted molar refractivity (Wildman–Crippen MR) is 73.0 cm³/mol. The van der Waals surface area contributed by atoms with Crippen molar-refractivity contribution in [2.75, 3.05) is 20.3 Å². The van der Waals surface area contributed by atoms with Crippen molar-refractivity contribution in [2.24, 2.45) is 0 Å². The molecule has 0 fully saturated rings. The number of ether oxygens (including phenoxy) is 1. The number of H-pyrrole nitrogens is 1. The van der Waals surface area contributed by atoms with E-state index in [1.807, 2.05) is 0 Å². The Kier molecular flexibility index (Phi) is 5.54. The Bertz CT molecular complexity index is 585. The van der Waals surface area contributed by atoms with Crippen LogP contribution in [0.5, 0.6) is 0 Å². The molecule has 0 radical (unpaired) electrons. The van der Waals surface area contributed by atoms with Gasteiger partial charge in [-0.15, -0.1) is 0 Å². The highest BCUT2D eigenvalue weighted by molar-refractivity contribution is 7.89. The molecule has 0 aromatic carbocycles. The molecule has 0 aliphatic carbocycles. The van der Waals surface area contributed by atoms with Gasteiger partial charge in [0, 0.05) is 25.9 Å². The van der Waals surface area contributed by atoms with Crippen LogP contribution in [-0.2, 0) is 14.8 Å². The van der Waals surface area contributed by atoms with Crippen LogP contribution in [0, 0.1) is 0 Å². The fourth-order valence-electron chi connectivity index (χ4n) is 1.76. The molecular weight excluding hydrogens is 292 g/mol. The van der Waals surface area contributed by atoms with E-state index in [1.54, 1.807) is 13.8 Å². The minimum absolute atomic E-state index is 0.0399. The summed E-state index contributed by atoms with van der Waals surface area (Å²) in [5.41, 5.74) is -0.520. The SMILES string of the molecule is CCN(C(C)COC)S(=O)(=O)c1c[nH]c(=O)c(Cl)c1. The summed E-state index contributed by atoms with van der Waals surface area (Å²) in [6, 6.07) is 0.837. The second kappa shape index (κ2) is 6.51. The van der Waals surface area contributed by atoms with E-state index in [4.69, 9.17) is 16.3 Å². The minimum atomic E-state index is -3.71. The molecule has 1 atom stereocenters. The van der Waals surface area contributed by atoms with Crippen LogP contribution < -0.4 is 5.56 Å². The van der Waals surface area contributed by atoms with Crippen molar-refractivity contribution in [1.29, 1.82) is 0 Å². The van der Waals surface area contributed by atoms with Crippen LogP contribution in [0.15, 0.2) is 22.0 Å². The number of aromatic nitrogens is 1. The smallest absolute Gasteiger partial charge is 0.266 e. The van der Waals surface area contributed by atoms with E-state index >= 15 is 0 Å². The summed E-state index contributed by atoms with van der Waals surface area (Å²) in [6.45, 7) is 4.06. The van der Waals surface area contributed by atoms with Crippen molar-refractivity contribution in [3.8, 4) is 0 Å². The third-order valence-electron chi connectivity index (χ3n) is 2.65. The van der Waals surface area contributed by atoms with E-state index in [-0.39, 0.29) is 22.6 Å². The lowest BCUT2D eigenvalue weighted by atomic mass is 10.4. The number of methoxy groups -OCH3 is 1. The molecule has 0 amide bonds. The number of hydrogen-bond acceptors (Lipinski definition) is 4. The standard InChI is InChI=1S/C11H17ClN2O4S/c1-4-14(8(2)7-18-3)19(16,17)9-5-10(12)11(15)13-6-9/h5-6,8H,4,7H2,1-3H3,(H,13,15). The molecule has 0 aliphatic rings. The maximum atomic E-state index is 12.4. The summed E-state index contributed by atoms with van der Waals surface area (Å²) >= 11 is 5.66. The fourth-order valence-corrected chi connectivity index (χ4v) is 3.62. The molecule has 1 heterocycles. The first-order chi connectivity index (χ1) is 8.84. The highest BCUT2D eigenvalue weighted by Gasteiger charge is 2.28. The Morgan fingerprint density at radius 2 is 2.16 bits per heavy atom. The number of hydrogen-bond donors (Lipinski definition) is 1. The van der Waals surface area contributed by atoms with Crippen molar-refractivity contribution in [3.63, 3.8) is 0 Å². The molecule has 1 rings (SSSR count). The number of rotatable bonds is 6. The van der Waals surface area contributed by atoms with Gasteiger partial charge in [0.25, 0.3) is 5.56 Å². The largest absolute Gasteiger partial charge is 0.383 e. The van der Waals surface area contributed by atoms with Crippen LogP contribution in [0.1, 0.15) is 13.8 Å². The number of nitrogens with one attached hydrogen (secondary N) is 1. The summed E-state index contributed by atoms with van der Waals surface area (Å²) in [4.78, 5) is 13.4. The van der Waals surface area contributed by atoms with E-state index in [1.165, 1.54) is 11.4 Å². The van der Waals surface area contributed by atoms with E-state index in [2.05, 4.69) is 4.98 Å². The van der Waals surface area contributed by atoms with Gasteiger partial charge in [0.1, 0.15) is 5.02 Å². The molecule has 1 unspecified atom stereocenters. The number of sulfonamides is 1. The van der Waals surface area contributed by atoms with Crippen molar-refractivity contribution in [3.05, 3.63) is 27.6 Å². The Morgan fingerprint density at radius 1 is 1.53 bits per heavy atom. The molecule has 0 spiro atoms. The molecule has 1 N–H and O–H groups in total. The molecule has 1 aromatic rings. The maximum absolute atomic E-state index is 12.4. The third-order valence-corrected chi connectivity index (χ3v) is 5.00. The molecule has 0 bridgehead atoms. The van der Waals surface area contributed by atoms with Gasteiger partial charge in [-0.25, -0.2) is 8.42 Å². The fraction of sp³-hybridized carbons (Fsp3) is 0.545. The molecule has 6 nitrogen and oxygen atoms in total. The van der Waals surface area contributed by atoms with Gasteiger partial charge in [0.05, 0.1) is 11.5 Å². The normalized spacial score (nSPS) is 13.7. The van der Waals surface area contributed by atoms with E-state index in [0.717, 1.165) is 12.3 Å². The third kappa shape index (κ3) is 3.56. The molecule has 0 aliphatic heterocycles. The number of aromatic amines is 1. The van der Waals surface area contributed by atoms with Gasteiger partial charge in [0.2, 0.25) is 10.0 Å². The molecule has 19 heavy (non-hydrogen) atoms. The quantitative estimate of drug-likeness (QED) is 0.852. The summed E-state index contributed by atoms with van der Waals surface area (Å²) in [5, 5.41) is -0.156. The Hall–Kier alpha value is -0.890. The number of nitrogens with zero attached hydrogens (tertiary/aromatic N) is 1. The Labute approximate surface area is 117 Å². The first kappa shape index (κ1) is 16.2. The van der Waals surface area contributed by atoms with Crippen LogP contribution in [0.3, 0.4) is 0 Å². The minimum Gasteiger partial charge on any atom is -0.383 e. The first-order valence-corrected chi connectivity index (χ1v) is 7.55. The zero-order valence-corrected chi connectivity index (χ0v) is 12.6. The van der Waals surface area contributed by atoms with Gasteiger partial charge < -0.3 is 9.72 Å². The monoisotopic (exact) mass is 308 g/mol. The second-order valence-corrected chi connectivity index (χ2v) is 6.32. The van der Waals surface area contributed by atoms with Crippen LogP contribution in [0.4, 0.5) is 0 Å². The average molecular weight is 309 g/mol. The topological polar surface area (TPSA) is 79.5 Å². The van der Waals surface area contributed by atoms with E-state index < -0.39 is 15.6 Å². The lowest BCUT2D eigenvalue weighted by Crippen LogP contribution is -2.41. The van der Waals surface area contributed by atoms with Crippen LogP contribution in [0.2, 0.25) is 5.02 Å². The molecular formula is C11H17ClN2O4S. The van der Waals surface area contributed by atoms with E-state index in [9.17, 15) is 13.2 Å². The Morgan fingerprint density at radius 3 is 2.63 bits per heavy atom. The van der Waals surface area contributed by atoms with Gasteiger partial charge in [0.15, 0.2) is 0 Å².